The Morgan fingerprint density at radius 2 is 1.21 bits per heavy atom. The zero-order chi connectivity index (χ0) is 31.3. The fourth-order valence-electron chi connectivity index (χ4n) is 7.13. The van der Waals surface area contributed by atoms with E-state index in [9.17, 15) is 0 Å². The van der Waals surface area contributed by atoms with Gasteiger partial charge in [0, 0.05) is 16.2 Å². The largest absolute Gasteiger partial charge is 0.292 e. The van der Waals surface area contributed by atoms with Gasteiger partial charge in [0.05, 0.1) is 21.9 Å². The number of benzene rings is 6. The summed E-state index contributed by atoms with van der Waals surface area (Å²) in [4.78, 5) is 10.7. The fraction of sp³-hybridized carbons (Fsp3) is 0.0455. The Kier molecular flexibility index (Phi) is 6.43. The van der Waals surface area contributed by atoms with E-state index in [1.807, 2.05) is 18.2 Å². The minimum atomic E-state index is 0.831. The van der Waals surface area contributed by atoms with Gasteiger partial charge in [0.1, 0.15) is 5.69 Å². The summed E-state index contributed by atoms with van der Waals surface area (Å²) in [5.41, 5.74) is 13.7. The van der Waals surface area contributed by atoms with Crippen LogP contribution in [-0.4, -0.2) is 14.5 Å². The molecule has 0 saturated heterocycles. The molecule has 3 nitrogen and oxygen atoms in total. The van der Waals surface area contributed by atoms with Gasteiger partial charge < -0.3 is 0 Å². The van der Waals surface area contributed by atoms with Crippen LogP contribution < -0.4 is 10.6 Å². The molecule has 0 bridgehead atoms. The lowest BCUT2D eigenvalue weighted by molar-refractivity contribution is 1.00. The molecule has 0 unspecified atom stereocenters. The standard InChI is InChI=1S/C44H31N3/c1-2-41-37(25-29-13-5-3-6-14-29)38-28-36-34(26-33-17-9-10-18-35(33)36)27-42(38)47(41)44-43(45-39-19-11-12-20-40(39)46-44)32-23-21-31(22-24-32)30-15-7-4-8-16-30/h2-25,27-28H,26H2,1H3/b37-25-,41-2+. The molecule has 8 aromatic rings. The topological polar surface area (TPSA) is 30.7 Å². The van der Waals surface area contributed by atoms with E-state index in [0.717, 1.165) is 51.0 Å². The van der Waals surface area contributed by atoms with Crippen LogP contribution in [0.15, 0.2) is 146 Å². The van der Waals surface area contributed by atoms with Crippen LogP contribution in [0, 0.1) is 0 Å². The molecule has 9 rings (SSSR count). The van der Waals surface area contributed by atoms with Gasteiger partial charge in [-0.25, -0.2) is 9.97 Å². The molecule has 6 aromatic carbocycles. The van der Waals surface area contributed by atoms with Crippen LogP contribution >= 0.6 is 0 Å². The van der Waals surface area contributed by atoms with Gasteiger partial charge in [-0.15, -0.1) is 0 Å². The molecule has 0 spiro atoms. The van der Waals surface area contributed by atoms with Crippen molar-refractivity contribution in [3.8, 4) is 39.3 Å². The summed E-state index contributed by atoms with van der Waals surface area (Å²) in [7, 11) is 0. The Morgan fingerprint density at radius 3 is 1.98 bits per heavy atom. The summed E-state index contributed by atoms with van der Waals surface area (Å²) in [6, 6.07) is 51.6. The Balaban J connectivity index is 1.36. The van der Waals surface area contributed by atoms with Crippen molar-refractivity contribution >= 4 is 34.1 Å². The molecular formula is C44H31N3. The molecule has 2 aromatic heterocycles. The smallest absolute Gasteiger partial charge is 0.165 e. The number of nitrogens with zero attached hydrogens (tertiary/aromatic N) is 3. The van der Waals surface area contributed by atoms with E-state index < -0.39 is 0 Å². The summed E-state index contributed by atoms with van der Waals surface area (Å²) < 4.78 is 2.34. The predicted octanol–water partition coefficient (Wildman–Crippen LogP) is 9.11. The Labute approximate surface area is 273 Å². The maximum absolute atomic E-state index is 5.38. The molecule has 2 heterocycles. The van der Waals surface area contributed by atoms with Crippen LogP contribution in [0.5, 0.6) is 0 Å². The van der Waals surface area contributed by atoms with Crippen molar-refractivity contribution in [1.82, 2.24) is 14.5 Å². The molecule has 1 aliphatic rings. The monoisotopic (exact) mass is 601 g/mol. The molecule has 222 valence electrons. The molecule has 3 heteroatoms. The van der Waals surface area contributed by atoms with Gasteiger partial charge in [0.25, 0.3) is 0 Å². The minimum absolute atomic E-state index is 0.831. The highest BCUT2D eigenvalue weighted by atomic mass is 15.1. The van der Waals surface area contributed by atoms with E-state index in [1.54, 1.807) is 0 Å². The summed E-state index contributed by atoms with van der Waals surface area (Å²) in [6.45, 7) is 2.12. The molecule has 1 aliphatic carbocycles. The lowest BCUT2D eigenvalue weighted by Gasteiger charge is -2.14. The Morgan fingerprint density at radius 1 is 0.574 bits per heavy atom. The van der Waals surface area contributed by atoms with Crippen LogP contribution in [-0.2, 0) is 6.42 Å². The quantitative estimate of drug-likeness (QED) is 0.201. The van der Waals surface area contributed by atoms with Crippen molar-refractivity contribution in [1.29, 1.82) is 0 Å². The van der Waals surface area contributed by atoms with Crippen LogP contribution in [0.1, 0.15) is 23.6 Å². The Hall–Kier alpha value is -6.06. The van der Waals surface area contributed by atoms with Gasteiger partial charge in [-0.2, -0.15) is 0 Å². The zero-order valence-electron chi connectivity index (χ0n) is 26.1. The average Bonchev–Trinajstić information content (AvgIpc) is 3.65. The first-order valence-electron chi connectivity index (χ1n) is 16.2. The summed E-state index contributed by atoms with van der Waals surface area (Å²) in [5.74, 6) is 0.831. The van der Waals surface area contributed by atoms with Gasteiger partial charge in [0.2, 0.25) is 0 Å². The first-order chi connectivity index (χ1) is 23.2. The molecule has 47 heavy (non-hydrogen) atoms. The number of hydrogen-bond donors (Lipinski definition) is 0. The van der Waals surface area contributed by atoms with E-state index in [0.29, 0.717) is 0 Å². The van der Waals surface area contributed by atoms with Crippen molar-refractivity contribution in [2.75, 3.05) is 0 Å². The first kappa shape index (κ1) is 27.3. The van der Waals surface area contributed by atoms with Gasteiger partial charge in [0.15, 0.2) is 5.82 Å². The normalized spacial score (nSPS) is 13.0. The highest BCUT2D eigenvalue weighted by Gasteiger charge is 2.23. The SMILES string of the molecule is C/C=c1\c(=C/c2ccccc2)c2cc3c(cc2n1-c1nc2ccccc2nc1-c1ccc(-c2ccccc2)cc1)Cc1ccccc1-3. The van der Waals surface area contributed by atoms with Gasteiger partial charge >= 0.3 is 0 Å². The number of aromatic nitrogens is 3. The van der Waals surface area contributed by atoms with Crippen molar-refractivity contribution < 1.29 is 0 Å². The third kappa shape index (κ3) is 4.59. The van der Waals surface area contributed by atoms with Crippen molar-refractivity contribution in [3.63, 3.8) is 0 Å². The van der Waals surface area contributed by atoms with Gasteiger partial charge in [-0.3, -0.25) is 4.57 Å². The van der Waals surface area contributed by atoms with E-state index in [1.165, 1.54) is 44.0 Å². The second-order valence-electron chi connectivity index (χ2n) is 12.2. The second kappa shape index (κ2) is 11.1. The third-order valence-electron chi connectivity index (χ3n) is 9.37. The molecular weight excluding hydrogens is 571 g/mol. The fourth-order valence-corrected chi connectivity index (χ4v) is 7.13. The van der Waals surface area contributed by atoms with Gasteiger partial charge in [-0.05, 0) is 82.6 Å². The first-order valence-corrected chi connectivity index (χ1v) is 16.2. The van der Waals surface area contributed by atoms with Crippen LogP contribution in [0.4, 0.5) is 0 Å². The summed E-state index contributed by atoms with van der Waals surface area (Å²) >= 11 is 0. The maximum atomic E-state index is 5.38. The van der Waals surface area contributed by atoms with Crippen LogP contribution in [0.2, 0.25) is 0 Å². The molecule has 0 amide bonds. The third-order valence-corrected chi connectivity index (χ3v) is 9.37. The predicted molar refractivity (Wildman–Crippen MR) is 195 cm³/mol. The van der Waals surface area contributed by atoms with Crippen LogP contribution in [0.3, 0.4) is 0 Å². The van der Waals surface area contributed by atoms with Gasteiger partial charge in [-0.1, -0.05) is 127 Å². The number of hydrogen-bond acceptors (Lipinski definition) is 2. The summed E-state index contributed by atoms with van der Waals surface area (Å²) in [5, 5.41) is 3.49. The number of rotatable bonds is 4. The average molecular weight is 602 g/mol. The van der Waals surface area contributed by atoms with E-state index >= 15 is 0 Å². The molecule has 0 saturated carbocycles. The van der Waals surface area contributed by atoms with Crippen molar-refractivity contribution in [3.05, 3.63) is 173 Å². The van der Waals surface area contributed by atoms with Crippen LogP contribution in [0.25, 0.3) is 73.4 Å². The summed E-state index contributed by atoms with van der Waals surface area (Å²) in [6.07, 6.45) is 5.45. The van der Waals surface area contributed by atoms with E-state index in [2.05, 4.69) is 151 Å². The second-order valence-corrected chi connectivity index (χ2v) is 12.2. The van der Waals surface area contributed by atoms with Crippen molar-refractivity contribution in [2.45, 2.75) is 13.3 Å². The highest BCUT2D eigenvalue weighted by molar-refractivity contribution is 5.94. The van der Waals surface area contributed by atoms with Crippen molar-refractivity contribution in [2.24, 2.45) is 0 Å². The minimum Gasteiger partial charge on any atom is -0.292 e. The number of para-hydroxylation sites is 2. The lowest BCUT2D eigenvalue weighted by Crippen LogP contribution is -2.29. The lowest BCUT2D eigenvalue weighted by atomic mass is 10.0. The molecule has 0 N–H and O–H groups in total. The molecule has 0 radical (unpaired) electrons. The number of fused-ring (bicyclic) bond motifs is 5. The molecule has 0 fully saturated rings. The molecule has 0 atom stereocenters. The zero-order valence-corrected chi connectivity index (χ0v) is 26.1. The highest BCUT2D eigenvalue weighted by Crippen LogP contribution is 2.39. The van der Waals surface area contributed by atoms with E-state index in [4.69, 9.17) is 9.97 Å². The van der Waals surface area contributed by atoms with E-state index in [-0.39, 0.29) is 0 Å². The maximum Gasteiger partial charge on any atom is 0.165 e. The molecule has 0 aliphatic heterocycles. The Bertz CT molecular complexity index is 2580.